The SMILES string of the molecule is CC(=O)OCC1O[C@H](Sc2cc(Br)c(C(F)(F)F)cc2F)C(C)[C@@H](n2cc(-c3nc(O)cs3)nn2)[C@H]1C. The molecule has 3 aromatic rings. The molecule has 0 bridgehead atoms. The molecule has 1 N–H and O–H groups in total. The number of carbonyl (C=O) groups is 1. The van der Waals surface area contributed by atoms with E-state index >= 15 is 0 Å². The third kappa shape index (κ3) is 6.10. The van der Waals surface area contributed by atoms with Gasteiger partial charge in [-0.25, -0.2) is 14.1 Å². The van der Waals surface area contributed by atoms with Gasteiger partial charge in [-0.1, -0.05) is 46.8 Å². The highest BCUT2D eigenvalue weighted by atomic mass is 79.9. The van der Waals surface area contributed by atoms with E-state index in [1.54, 1.807) is 10.9 Å². The van der Waals surface area contributed by atoms with Crippen LogP contribution < -0.4 is 0 Å². The van der Waals surface area contributed by atoms with Crippen LogP contribution in [0, 0.1) is 17.7 Å². The summed E-state index contributed by atoms with van der Waals surface area (Å²) in [6, 6.07) is 1.17. The van der Waals surface area contributed by atoms with Crippen molar-refractivity contribution in [2.45, 2.75) is 49.4 Å². The number of thiazole rings is 1. The van der Waals surface area contributed by atoms with Gasteiger partial charge in [0.05, 0.1) is 29.3 Å². The number of nitrogens with zero attached hydrogens (tertiary/aromatic N) is 4. The number of hydrogen-bond acceptors (Lipinski definition) is 9. The maximum atomic E-state index is 14.8. The number of hydrogen-bond donors (Lipinski definition) is 1. The van der Waals surface area contributed by atoms with Crippen molar-refractivity contribution in [2.24, 2.45) is 11.8 Å². The first kappa shape index (κ1) is 27.8. The number of halogens is 5. The number of benzene rings is 1. The van der Waals surface area contributed by atoms with Crippen LogP contribution in [0.4, 0.5) is 17.6 Å². The second-order valence-electron chi connectivity index (χ2n) is 8.53. The van der Waals surface area contributed by atoms with Crippen molar-refractivity contribution in [1.82, 2.24) is 20.0 Å². The maximum Gasteiger partial charge on any atom is 0.417 e. The minimum Gasteiger partial charge on any atom is -0.493 e. The number of ether oxygens (including phenoxy) is 2. The zero-order valence-electron chi connectivity index (χ0n) is 19.6. The summed E-state index contributed by atoms with van der Waals surface area (Å²) >= 11 is 5.02. The number of aromatic nitrogens is 4. The lowest BCUT2D eigenvalue weighted by molar-refractivity contribution is -0.156. The van der Waals surface area contributed by atoms with Crippen LogP contribution in [0.3, 0.4) is 0 Å². The van der Waals surface area contributed by atoms with E-state index < -0.39 is 35.1 Å². The van der Waals surface area contributed by atoms with Gasteiger partial charge in [0.1, 0.15) is 28.6 Å². The van der Waals surface area contributed by atoms with Gasteiger partial charge in [0.2, 0.25) is 5.88 Å². The molecule has 0 radical (unpaired) electrons. The van der Waals surface area contributed by atoms with Crippen LogP contribution in [0.2, 0.25) is 0 Å². The molecule has 1 aliphatic heterocycles. The molecule has 4 rings (SSSR count). The van der Waals surface area contributed by atoms with Crippen LogP contribution in [0.25, 0.3) is 10.7 Å². The molecule has 2 aromatic heterocycles. The molecular formula is C22H21BrF4N4O4S2. The van der Waals surface area contributed by atoms with Gasteiger partial charge in [-0.3, -0.25) is 4.79 Å². The van der Waals surface area contributed by atoms with Crippen LogP contribution in [-0.2, 0) is 20.4 Å². The van der Waals surface area contributed by atoms with E-state index in [1.165, 1.54) is 23.6 Å². The normalized spacial score (nSPS) is 24.3. The molecule has 0 amide bonds. The van der Waals surface area contributed by atoms with Crippen molar-refractivity contribution in [3.05, 3.63) is 39.6 Å². The fourth-order valence-corrected chi connectivity index (χ4v) is 6.68. The molecule has 3 heterocycles. The standard InChI is InChI=1S/C22H21BrF4N4O4S2/c1-9-16(7-34-11(3)32)35-21(37-17-5-13(23)12(4-14(17)24)22(25,26)27)10(2)19(9)31-6-15(29-30-31)20-28-18(33)8-36-20/h4-6,8-10,16,19,21,33H,7H2,1-3H3/t9-,10?,16?,19-,21+/m0/s1. The van der Waals surface area contributed by atoms with Crippen molar-refractivity contribution in [3.8, 4) is 16.6 Å². The van der Waals surface area contributed by atoms with Crippen molar-refractivity contribution >= 4 is 45.0 Å². The van der Waals surface area contributed by atoms with E-state index in [0.717, 1.165) is 17.8 Å². The largest absolute Gasteiger partial charge is 0.493 e. The van der Waals surface area contributed by atoms with Crippen LogP contribution >= 0.6 is 39.0 Å². The van der Waals surface area contributed by atoms with Crippen molar-refractivity contribution in [3.63, 3.8) is 0 Å². The highest BCUT2D eigenvalue weighted by Gasteiger charge is 2.44. The van der Waals surface area contributed by atoms with E-state index in [1.807, 2.05) is 13.8 Å². The number of esters is 1. The van der Waals surface area contributed by atoms with Crippen molar-refractivity contribution in [1.29, 1.82) is 0 Å². The first-order chi connectivity index (χ1) is 17.3. The Labute approximate surface area is 225 Å². The Hall–Kier alpha value is -2.23. The predicted molar refractivity (Wildman–Crippen MR) is 130 cm³/mol. The van der Waals surface area contributed by atoms with Crippen LogP contribution in [0.5, 0.6) is 5.88 Å². The summed E-state index contributed by atoms with van der Waals surface area (Å²) in [7, 11) is 0. The molecule has 15 heteroatoms. The van der Waals surface area contributed by atoms with Crippen LogP contribution in [0.1, 0.15) is 32.4 Å². The molecule has 37 heavy (non-hydrogen) atoms. The second kappa shape index (κ2) is 10.9. The van der Waals surface area contributed by atoms with E-state index in [9.17, 15) is 27.5 Å². The molecule has 1 saturated heterocycles. The molecule has 8 nitrogen and oxygen atoms in total. The first-order valence-electron chi connectivity index (χ1n) is 10.9. The highest BCUT2D eigenvalue weighted by Crippen LogP contribution is 2.46. The number of thioether (sulfide) groups is 1. The summed E-state index contributed by atoms with van der Waals surface area (Å²) in [6.07, 6.45) is -3.66. The molecule has 1 aromatic carbocycles. The summed E-state index contributed by atoms with van der Waals surface area (Å²) in [4.78, 5) is 15.4. The van der Waals surface area contributed by atoms with Crippen molar-refractivity contribution in [2.75, 3.05) is 6.61 Å². The van der Waals surface area contributed by atoms with Crippen molar-refractivity contribution < 1.29 is 36.9 Å². The Kier molecular flexibility index (Phi) is 8.16. The van der Waals surface area contributed by atoms with E-state index in [-0.39, 0.29) is 39.7 Å². The highest BCUT2D eigenvalue weighted by molar-refractivity contribution is 9.10. The fraction of sp³-hybridized carbons (Fsp3) is 0.455. The Bertz CT molecular complexity index is 1290. The lowest BCUT2D eigenvalue weighted by Crippen LogP contribution is -2.47. The number of aromatic hydroxyl groups is 1. The number of alkyl halides is 3. The molecule has 0 aliphatic carbocycles. The Morgan fingerprint density at radius 1 is 1.32 bits per heavy atom. The molecule has 5 atom stereocenters. The fourth-order valence-electron chi connectivity index (χ4n) is 4.15. The predicted octanol–water partition coefficient (Wildman–Crippen LogP) is 5.92. The first-order valence-corrected chi connectivity index (χ1v) is 13.5. The van der Waals surface area contributed by atoms with Gasteiger partial charge in [0.15, 0.2) is 0 Å². The van der Waals surface area contributed by atoms with Crippen LogP contribution in [-0.4, -0.2) is 49.2 Å². The summed E-state index contributed by atoms with van der Waals surface area (Å²) in [6.45, 7) is 4.94. The summed E-state index contributed by atoms with van der Waals surface area (Å²) in [5.41, 5.74) is -1.40. The second-order valence-corrected chi connectivity index (χ2v) is 11.4. The molecular weight excluding hydrogens is 604 g/mol. The smallest absolute Gasteiger partial charge is 0.417 e. The van der Waals surface area contributed by atoms with Gasteiger partial charge >= 0.3 is 12.1 Å². The average molecular weight is 625 g/mol. The lowest BCUT2D eigenvalue weighted by atomic mass is 9.84. The van der Waals surface area contributed by atoms with E-state index in [0.29, 0.717) is 16.8 Å². The zero-order valence-corrected chi connectivity index (χ0v) is 22.8. The molecule has 2 unspecified atom stereocenters. The van der Waals surface area contributed by atoms with Crippen LogP contribution in [0.15, 0.2) is 33.1 Å². The molecule has 0 saturated carbocycles. The van der Waals surface area contributed by atoms with Gasteiger partial charge in [-0.2, -0.15) is 13.2 Å². The van der Waals surface area contributed by atoms with Gasteiger partial charge in [-0.15, -0.1) is 16.4 Å². The van der Waals surface area contributed by atoms with Gasteiger partial charge in [0, 0.05) is 28.1 Å². The van der Waals surface area contributed by atoms with Gasteiger partial charge in [0.25, 0.3) is 0 Å². The summed E-state index contributed by atoms with van der Waals surface area (Å²) in [5.74, 6) is -2.23. The molecule has 1 aliphatic rings. The van der Waals surface area contributed by atoms with Gasteiger partial charge in [-0.05, 0) is 12.1 Å². The number of carbonyl (C=O) groups excluding carboxylic acids is 1. The monoisotopic (exact) mass is 624 g/mol. The average Bonchev–Trinajstić information content (AvgIpc) is 3.45. The topological polar surface area (TPSA) is 99.4 Å². The van der Waals surface area contributed by atoms with E-state index in [2.05, 4.69) is 31.2 Å². The molecule has 0 spiro atoms. The summed E-state index contributed by atoms with van der Waals surface area (Å²) in [5, 5.41) is 19.9. The van der Waals surface area contributed by atoms with Gasteiger partial charge < -0.3 is 14.6 Å². The zero-order chi connectivity index (χ0) is 27.1. The van der Waals surface area contributed by atoms with E-state index in [4.69, 9.17) is 9.47 Å². The molecule has 200 valence electrons. The Morgan fingerprint density at radius 3 is 2.68 bits per heavy atom. The quantitative estimate of drug-likeness (QED) is 0.266. The Morgan fingerprint density at radius 2 is 2.05 bits per heavy atom. The third-order valence-electron chi connectivity index (χ3n) is 5.95. The molecule has 1 fully saturated rings. The maximum absolute atomic E-state index is 14.8. The minimum absolute atomic E-state index is 0.0335. The summed E-state index contributed by atoms with van der Waals surface area (Å²) < 4.78 is 67.0. The minimum atomic E-state index is -4.72. The Balaban J connectivity index is 1.65. The lowest BCUT2D eigenvalue weighted by Gasteiger charge is -2.44. The number of rotatable bonds is 6. The third-order valence-corrected chi connectivity index (χ3v) is 8.80.